The van der Waals surface area contributed by atoms with Crippen LogP contribution in [0.2, 0.25) is 0 Å². The number of H-pyrrole nitrogens is 1. The summed E-state index contributed by atoms with van der Waals surface area (Å²) >= 11 is 0. The lowest BCUT2D eigenvalue weighted by Gasteiger charge is -2.35. The number of nitrogens with one attached hydrogen (secondary N) is 1. The van der Waals surface area contributed by atoms with Crippen LogP contribution in [0.4, 0.5) is 0 Å². The predicted molar refractivity (Wildman–Crippen MR) is 72.0 cm³/mol. The molecule has 2 rings (SSSR count). The number of carbonyl (C=O) groups is 1. The number of amides is 1. The number of hydrogen-bond acceptors (Lipinski definition) is 4. The minimum atomic E-state index is -0.293. The molecule has 0 saturated carbocycles. The molecule has 1 amide bonds. The largest absolute Gasteiger partial charge is 0.335 e. The van der Waals surface area contributed by atoms with Crippen molar-refractivity contribution in [1.29, 1.82) is 0 Å². The smallest absolute Gasteiger partial charge is 0.274 e. The van der Waals surface area contributed by atoms with E-state index in [-0.39, 0.29) is 11.5 Å². The van der Waals surface area contributed by atoms with E-state index in [9.17, 15) is 9.59 Å². The van der Waals surface area contributed by atoms with Crippen LogP contribution in [0.5, 0.6) is 0 Å². The molecule has 1 fully saturated rings. The number of nitrogens with zero attached hydrogens (tertiary/aromatic N) is 3. The van der Waals surface area contributed by atoms with Crippen molar-refractivity contribution in [2.45, 2.75) is 13.8 Å². The van der Waals surface area contributed by atoms with E-state index in [4.69, 9.17) is 0 Å². The van der Waals surface area contributed by atoms with Crippen LogP contribution in [0.15, 0.2) is 16.9 Å². The average molecular weight is 264 g/mol. The summed E-state index contributed by atoms with van der Waals surface area (Å²) in [7, 11) is 0. The Labute approximate surface area is 112 Å². The standard InChI is InChI=1S/C13H20N4O2/c1-10(2)9-16-5-7-17(8-6-16)13(19)11-3-4-12(18)15-14-11/h3-4,10H,5-9H2,1-2H3,(H,15,18). The lowest BCUT2D eigenvalue weighted by Crippen LogP contribution is -2.49. The number of hydrogen-bond donors (Lipinski definition) is 1. The Morgan fingerprint density at radius 3 is 2.53 bits per heavy atom. The van der Waals surface area contributed by atoms with Gasteiger partial charge < -0.3 is 4.90 Å². The van der Waals surface area contributed by atoms with Crippen LogP contribution in [0.25, 0.3) is 0 Å². The third kappa shape index (κ3) is 3.64. The lowest BCUT2D eigenvalue weighted by atomic mass is 10.2. The summed E-state index contributed by atoms with van der Waals surface area (Å²) in [5.74, 6) is 0.531. The first-order chi connectivity index (χ1) is 9.06. The van der Waals surface area contributed by atoms with Gasteiger partial charge in [0, 0.05) is 38.8 Å². The Bertz CT molecular complexity index is 469. The molecule has 1 aliphatic heterocycles. The minimum Gasteiger partial charge on any atom is -0.335 e. The summed E-state index contributed by atoms with van der Waals surface area (Å²) in [5.41, 5.74) is 0.00946. The summed E-state index contributed by atoms with van der Waals surface area (Å²) in [5, 5.41) is 6.07. The molecular weight excluding hydrogens is 244 g/mol. The second-order valence-corrected chi connectivity index (χ2v) is 5.29. The number of aromatic nitrogens is 2. The van der Waals surface area contributed by atoms with Crippen molar-refractivity contribution in [3.8, 4) is 0 Å². The van der Waals surface area contributed by atoms with E-state index >= 15 is 0 Å². The van der Waals surface area contributed by atoms with E-state index in [1.807, 2.05) is 0 Å². The van der Waals surface area contributed by atoms with E-state index < -0.39 is 0 Å². The molecule has 0 unspecified atom stereocenters. The van der Waals surface area contributed by atoms with Crippen LogP contribution in [0, 0.1) is 5.92 Å². The fourth-order valence-electron chi connectivity index (χ4n) is 2.28. The average Bonchev–Trinajstić information content (AvgIpc) is 2.39. The van der Waals surface area contributed by atoms with Gasteiger partial charge in [-0.05, 0) is 12.0 Å². The Hall–Kier alpha value is -1.69. The Balaban J connectivity index is 1.92. The van der Waals surface area contributed by atoms with Gasteiger partial charge in [0.1, 0.15) is 5.69 Å². The van der Waals surface area contributed by atoms with Gasteiger partial charge in [0.2, 0.25) is 0 Å². The monoisotopic (exact) mass is 264 g/mol. The summed E-state index contributed by atoms with van der Waals surface area (Å²) in [6, 6.07) is 2.80. The van der Waals surface area contributed by atoms with Crippen LogP contribution in [-0.2, 0) is 0 Å². The number of rotatable bonds is 3. The highest BCUT2D eigenvalue weighted by Crippen LogP contribution is 2.07. The third-order valence-corrected chi connectivity index (χ3v) is 3.18. The summed E-state index contributed by atoms with van der Waals surface area (Å²) in [6.07, 6.45) is 0. The molecule has 0 aliphatic carbocycles. The highest BCUT2D eigenvalue weighted by Gasteiger charge is 2.23. The van der Waals surface area contributed by atoms with Gasteiger partial charge in [0.05, 0.1) is 0 Å². The molecule has 104 valence electrons. The van der Waals surface area contributed by atoms with Gasteiger partial charge in [-0.1, -0.05) is 13.8 Å². The molecule has 1 aromatic heterocycles. The molecule has 19 heavy (non-hydrogen) atoms. The van der Waals surface area contributed by atoms with Crippen LogP contribution in [-0.4, -0.2) is 58.6 Å². The molecule has 6 heteroatoms. The second-order valence-electron chi connectivity index (χ2n) is 5.29. The summed E-state index contributed by atoms with van der Waals surface area (Å²) in [4.78, 5) is 27.2. The topological polar surface area (TPSA) is 69.3 Å². The Morgan fingerprint density at radius 1 is 1.32 bits per heavy atom. The van der Waals surface area contributed by atoms with Gasteiger partial charge in [-0.15, -0.1) is 0 Å². The van der Waals surface area contributed by atoms with Gasteiger partial charge in [-0.25, -0.2) is 5.10 Å². The van der Waals surface area contributed by atoms with E-state index in [0.717, 1.165) is 19.6 Å². The molecular formula is C13H20N4O2. The second kappa shape index (κ2) is 5.97. The van der Waals surface area contributed by atoms with Gasteiger partial charge in [0.15, 0.2) is 0 Å². The molecule has 0 atom stereocenters. The predicted octanol–water partition coefficient (Wildman–Crippen LogP) is 0.184. The molecule has 6 nitrogen and oxygen atoms in total. The third-order valence-electron chi connectivity index (χ3n) is 3.18. The van der Waals surface area contributed by atoms with Crippen LogP contribution < -0.4 is 5.56 Å². The van der Waals surface area contributed by atoms with Crippen molar-refractivity contribution in [3.05, 3.63) is 28.2 Å². The first kappa shape index (κ1) is 13.7. The van der Waals surface area contributed by atoms with E-state index in [0.29, 0.717) is 24.7 Å². The van der Waals surface area contributed by atoms with Crippen molar-refractivity contribution < 1.29 is 4.79 Å². The van der Waals surface area contributed by atoms with Gasteiger partial charge >= 0.3 is 0 Å². The summed E-state index contributed by atoms with van der Waals surface area (Å²) in [6.45, 7) is 8.68. The molecule has 1 N–H and O–H groups in total. The Kier molecular flexibility index (Phi) is 4.31. The van der Waals surface area contributed by atoms with Crippen LogP contribution >= 0.6 is 0 Å². The molecule has 1 saturated heterocycles. The van der Waals surface area contributed by atoms with E-state index in [1.54, 1.807) is 4.90 Å². The molecule has 0 bridgehead atoms. The van der Waals surface area contributed by atoms with Crippen molar-refractivity contribution in [2.24, 2.45) is 5.92 Å². The molecule has 2 heterocycles. The first-order valence-corrected chi connectivity index (χ1v) is 6.63. The van der Waals surface area contributed by atoms with E-state index in [1.165, 1.54) is 12.1 Å². The molecule has 1 aliphatic rings. The number of piperazine rings is 1. The molecule has 1 aromatic rings. The highest BCUT2D eigenvalue weighted by molar-refractivity contribution is 5.92. The highest BCUT2D eigenvalue weighted by atomic mass is 16.2. The maximum absolute atomic E-state index is 12.2. The van der Waals surface area contributed by atoms with Gasteiger partial charge in [-0.3, -0.25) is 14.5 Å². The van der Waals surface area contributed by atoms with Gasteiger partial charge in [-0.2, -0.15) is 5.10 Å². The molecule has 0 spiro atoms. The quantitative estimate of drug-likeness (QED) is 0.846. The maximum atomic E-state index is 12.2. The molecule has 0 aromatic carbocycles. The fourth-order valence-corrected chi connectivity index (χ4v) is 2.28. The molecule has 0 radical (unpaired) electrons. The van der Waals surface area contributed by atoms with Crippen LogP contribution in [0.1, 0.15) is 24.3 Å². The maximum Gasteiger partial charge on any atom is 0.274 e. The van der Waals surface area contributed by atoms with Crippen LogP contribution in [0.3, 0.4) is 0 Å². The van der Waals surface area contributed by atoms with Crippen molar-refractivity contribution in [3.63, 3.8) is 0 Å². The lowest BCUT2D eigenvalue weighted by molar-refractivity contribution is 0.0617. The normalized spacial score (nSPS) is 16.9. The van der Waals surface area contributed by atoms with Crippen molar-refractivity contribution in [1.82, 2.24) is 20.0 Å². The SMILES string of the molecule is CC(C)CN1CCN(C(=O)c2ccc(=O)[nH]n2)CC1. The number of aromatic amines is 1. The Morgan fingerprint density at radius 2 is 2.00 bits per heavy atom. The van der Waals surface area contributed by atoms with Crippen molar-refractivity contribution >= 4 is 5.91 Å². The minimum absolute atomic E-state index is 0.111. The zero-order valence-electron chi connectivity index (χ0n) is 11.4. The van der Waals surface area contributed by atoms with Gasteiger partial charge in [0.25, 0.3) is 11.5 Å². The zero-order valence-corrected chi connectivity index (χ0v) is 11.4. The zero-order chi connectivity index (χ0) is 13.8. The first-order valence-electron chi connectivity index (χ1n) is 6.63. The number of carbonyl (C=O) groups excluding carboxylic acids is 1. The van der Waals surface area contributed by atoms with E-state index in [2.05, 4.69) is 28.9 Å². The summed E-state index contributed by atoms with van der Waals surface area (Å²) < 4.78 is 0. The van der Waals surface area contributed by atoms with Crippen molar-refractivity contribution in [2.75, 3.05) is 32.7 Å². The fraction of sp³-hybridized carbons (Fsp3) is 0.615.